The summed E-state index contributed by atoms with van der Waals surface area (Å²) in [4.78, 5) is 12.1. The lowest BCUT2D eigenvalue weighted by Gasteiger charge is -2.09. The number of ether oxygens (including phenoxy) is 3. The molecule has 0 unspecified atom stereocenters. The number of hydrogen-bond donors (Lipinski definition) is 0. The predicted octanol–water partition coefficient (Wildman–Crippen LogP) is 3.98. The molecule has 0 saturated carbocycles. The van der Waals surface area contributed by atoms with E-state index in [9.17, 15) is 4.79 Å². The molecule has 0 aromatic heterocycles. The van der Waals surface area contributed by atoms with Crippen molar-refractivity contribution in [2.75, 3.05) is 13.4 Å². The standard InChI is InChI=1S/C15H10Cl2O4/c16-10-2-1-3-11(17)15(10)19-7-12(18)9-4-5-13-14(6-9)21-8-20-13/h1-6H,7-8H2. The highest BCUT2D eigenvalue weighted by atomic mass is 35.5. The average Bonchev–Trinajstić information content (AvgIpc) is 2.93. The molecule has 0 saturated heterocycles. The Morgan fingerprint density at radius 2 is 1.81 bits per heavy atom. The highest BCUT2D eigenvalue weighted by molar-refractivity contribution is 6.37. The van der Waals surface area contributed by atoms with Crippen molar-refractivity contribution in [1.29, 1.82) is 0 Å². The molecule has 0 fully saturated rings. The van der Waals surface area contributed by atoms with E-state index < -0.39 is 0 Å². The number of benzene rings is 2. The molecule has 0 bridgehead atoms. The van der Waals surface area contributed by atoms with Crippen LogP contribution in [0.15, 0.2) is 36.4 Å². The molecule has 2 aromatic rings. The third-order valence-electron chi connectivity index (χ3n) is 2.96. The minimum Gasteiger partial charge on any atom is -0.482 e. The van der Waals surface area contributed by atoms with Crippen molar-refractivity contribution in [2.24, 2.45) is 0 Å². The van der Waals surface area contributed by atoms with E-state index in [2.05, 4.69) is 0 Å². The van der Waals surface area contributed by atoms with Crippen LogP contribution in [0.4, 0.5) is 0 Å². The van der Waals surface area contributed by atoms with Crippen molar-refractivity contribution in [3.63, 3.8) is 0 Å². The van der Waals surface area contributed by atoms with Gasteiger partial charge in [-0.05, 0) is 30.3 Å². The van der Waals surface area contributed by atoms with Gasteiger partial charge in [-0.2, -0.15) is 0 Å². The number of Topliss-reactive ketones (excluding diaryl/α,β-unsaturated/α-hetero) is 1. The van der Waals surface area contributed by atoms with Gasteiger partial charge in [-0.1, -0.05) is 29.3 Å². The van der Waals surface area contributed by atoms with Gasteiger partial charge >= 0.3 is 0 Å². The van der Waals surface area contributed by atoms with Gasteiger partial charge in [0.2, 0.25) is 6.79 Å². The fourth-order valence-corrected chi connectivity index (χ4v) is 2.42. The van der Waals surface area contributed by atoms with Gasteiger partial charge in [0.15, 0.2) is 29.6 Å². The van der Waals surface area contributed by atoms with Gasteiger partial charge in [0.25, 0.3) is 0 Å². The summed E-state index contributed by atoms with van der Waals surface area (Å²) < 4.78 is 15.8. The van der Waals surface area contributed by atoms with E-state index in [1.807, 2.05) is 0 Å². The van der Waals surface area contributed by atoms with Gasteiger partial charge < -0.3 is 14.2 Å². The second-order valence-electron chi connectivity index (χ2n) is 4.33. The molecule has 0 atom stereocenters. The molecule has 21 heavy (non-hydrogen) atoms. The molecule has 1 aliphatic heterocycles. The third kappa shape index (κ3) is 2.91. The Kier molecular flexibility index (Phi) is 3.90. The van der Waals surface area contributed by atoms with Crippen molar-refractivity contribution in [2.45, 2.75) is 0 Å². The van der Waals surface area contributed by atoms with Gasteiger partial charge in [0.1, 0.15) is 0 Å². The van der Waals surface area contributed by atoms with Crippen LogP contribution in [-0.2, 0) is 0 Å². The van der Waals surface area contributed by atoms with Crippen LogP contribution < -0.4 is 14.2 Å². The fraction of sp³-hybridized carbons (Fsp3) is 0.133. The molecule has 1 aliphatic rings. The van der Waals surface area contributed by atoms with E-state index in [4.69, 9.17) is 37.4 Å². The normalized spacial score (nSPS) is 12.3. The van der Waals surface area contributed by atoms with Gasteiger partial charge in [0.05, 0.1) is 10.0 Å². The van der Waals surface area contributed by atoms with Gasteiger partial charge in [-0.3, -0.25) is 4.79 Å². The first-order chi connectivity index (χ1) is 10.1. The first kappa shape index (κ1) is 14.0. The van der Waals surface area contributed by atoms with Crippen LogP contribution in [0, 0.1) is 0 Å². The number of hydrogen-bond acceptors (Lipinski definition) is 4. The topological polar surface area (TPSA) is 44.8 Å². The first-order valence-electron chi connectivity index (χ1n) is 6.15. The SMILES string of the molecule is O=C(COc1c(Cl)cccc1Cl)c1ccc2c(c1)OCO2. The van der Waals surface area contributed by atoms with E-state index in [0.29, 0.717) is 32.9 Å². The van der Waals surface area contributed by atoms with Crippen molar-refractivity contribution in [1.82, 2.24) is 0 Å². The van der Waals surface area contributed by atoms with Crippen molar-refractivity contribution in [3.8, 4) is 17.2 Å². The molecule has 2 aromatic carbocycles. The molecule has 0 radical (unpaired) electrons. The Balaban J connectivity index is 1.72. The summed E-state index contributed by atoms with van der Waals surface area (Å²) in [5, 5.41) is 0.724. The van der Waals surface area contributed by atoms with Crippen LogP contribution in [0.3, 0.4) is 0 Å². The third-order valence-corrected chi connectivity index (χ3v) is 3.56. The molecule has 0 aliphatic carbocycles. The van der Waals surface area contributed by atoms with E-state index in [-0.39, 0.29) is 19.2 Å². The lowest BCUT2D eigenvalue weighted by atomic mass is 10.1. The maximum Gasteiger partial charge on any atom is 0.231 e. The first-order valence-corrected chi connectivity index (χ1v) is 6.90. The highest BCUT2D eigenvalue weighted by Crippen LogP contribution is 2.34. The molecular weight excluding hydrogens is 315 g/mol. The summed E-state index contributed by atoms with van der Waals surface area (Å²) >= 11 is 12.0. The summed E-state index contributed by atoms with van der Waals surface area (Å²) in [6.45, 7) is 0.00179. The molecule has 108 valence electrons. The maximum atomic E-state index is 12.1. The molecule has 0 N–H and O–H groups in total. The summed E-state index contributed by atoms with van der Waals surface area (Å²) in [6, 6.07) is 9.98. The number of carbonyl (C=O) groups excluding carboxylic acids is 1. The molecular formula is C15H10Cl2O4. The molecule has 0 spiro atoms. The van der Waals surface area contributed by atoms with Crippen LogP contribution in [0.2, 0.25) is 10.0 Å². The molecule has 0 amide bonds. The number of para-hydroxylation sites is 1. The van der Waals surface area contributed by atoms with Gasteiger partial charge in [-0.25, -0.2) is 0 Å². The van der Waals surface area contributed by atoms with Crippen molar-refractivity contribution in [3.05, 3.63) is 52.0 Å². The number of rotatable bonds is 4. The lowest BCUT2D eigenvalue weighted by molar-refractivity contribution is 0.0921. The zero-order valence-electron chi connectivity index (χ0n) is 10.8. The zero-order valence-corrected chi connectivity index (χ0v) is 12.3. The van der Waals surface area contributed by atoms with Crippen LogP contribution in [0.5, 0.6) is 17.2 Å². The average molecular weight is 325 g/mol. The van der Waals surface area contributed by atoms with Crippen molar-refractivity contribution >= 4 is 29.0 Å². The van der Waals surface area contributed by atoms with Crippen LogP contribution in [0.25, 0.3) is 0 Å². The van der Waals surface area contributed by atoms with Crippen LogP contribution >= 0.6 is 23.2 Å². The summed E-state index contributed by atoms with van der Waals surface area (Å²) in [5.74, 6) is 1.28. The zero-order chi connectivity index (χ0) is 14.8. The smallest absolute Gasteiger partial charge is 0.231 e. The monoisotopic (exact) mass is 324 g/mol. The van der Waals surface area contributed by atoms with Crippen LogP contribution in [-0.4, -0.2) is 19.2 Å². The second-order valence-corrected chi connectivity index (χ2v) is 5.15. The van der Waals surface area contributed by atoms with Crippen molar-refractivity contribution < 1.29 is 19.0 Å². The van der Waals surface area contributed by atoms with E-state index in [0.717, 1.165) is 0 Å². The molecule has 4 nitrogen and oxygen atoms in total. The largest absolute Gasteiger partial charge is 0.482 e. The van der Waals surface area contributed by atoms with E-state index >= 15 is 0 Å². The Morgan fingerprint density at radius 3 is 2.57 bits per heavy atom. The second kappa shape index (κ2) is 5.84. The van der Waals surface area contributed by atoms with E-state index in [1.165, 1.54) is 0 Å². The van der Waals surface area contributed by atoms with Crippen LogP contribution in [0.1, 0.15) is 10.4 Å². The van der Waals surface area contributed by atoms with Gasteiger partial charge in [0, 0.05) is 5.56 Å². The highest BCUT2D eigenvalue weighted by Gasteiger charge is 2.17. The number of carbonyl (C=O) groups is 1. The minimum absolute atomic E-state index is 0.164. The van der Waals surface area contributed by atoms with E-state index in [1.54, 1.807) is 36.4 Å². The molecule has 1 heterocycles. The molecule has 6 heteroatoms. The Bertz CT molecular complexity index is 680. The summed E-state index contributed by atoms with van der Waals surface area (Å²) in [5.41, 5.74) is 0.474. The molecule has 3 rings (SSSR count). The Morgan fingerprint density at radius 1 is 1.10 bits per heavy atom. The number of halogens is 2. The fourth-order valence-electron chi connectivity index (χ4n) is 1.91. The summed E-state index contributed by atoms with van der Waals surface area (Å²) in [7, 11) is 0. The lowest BCUT2D eigenvalue weighted by Crippen LogP contribution is -2.12. The minimum atomic E-state index is -0.204. The maximum absolute atomic E-state index is 12.1. The summed E-state index contributed by atoms with van der Waals surface area (Å²) in [6.07, 6.45) is 0. The quantitative estimate of drug-likeness (QED) is 0.798. The Labute approximate surface area is 131 Å². The van der Waals surface area contributed by atoms with Gasteiger partial charge in [-0.15, -0.1) is 0 Å². The number of fused-ring (bicyclic) bond motifs is 1. The predicted molar refractivity (Wildman–Crippen MR) is 78.9 cm³/mol. The Hall–Kier alpha value is -1.91. The number of ketones is 1.